The molecule has 1 aromatic carbocycles. The van der Waals surface area contributed by atoms with Gasteiger partial charge < -0.3 is 10.1 Å². The fourth-order valence-electron chi connectivity index (χ4n) is 3.07. The van der Waals surface area contributed by atoms with E-state index >= 15 is 0 Å². The van der Waals surface area contributed by atoms with Gasteiger partial charge >= 0.3 is 6.41 Å². The topological polar surface area (TPSA) is 70.7 Å². The van der Waals surface area contributed by atoms with Crippen molar-refractivity contribution in [1.82, 2.24) is 15.8 Å². The third-order valence-corrected chi connectivity index (χ3v) is 4.74. The first-order chi connectivity index (χ1) is 12.6. The number of ether oxygens (including phenoxy) is 1. The number of nitrogens with zero attached hydrogens (tertiary/aromatic N) is 1. The maximum Gasteiger partial charge on any atom is 0.328 e. The number of benzene rings is 1. The Morgan fingerprint density at radius 3 is 2.67 bits per heavy atom. The maximum atomic E-state index is 14.9. The molecule has 2 atom stereocenters. The standard InChI is InChI=1S/C19H26ClFN3O3/c1-6-27-18-13(11(2)23-24(10-25)19(3,4)5)8-14(20)17(21)16(18)12-7-15(26)22-9-12/h8,11-12,23H,6-7,9H2,1-5H3,(H,22,26)/t11-,12+/m1/s1. The van der Waals surface area contributed by atoms with E-state index in [9.17, 15) is 14.0 Å². The van der Waals surface area contributed by atoms with E-state index < -0.39 is 17.4 Å². The lowest BCUT2D eigenvalue weighted by molar-refractivity contribution is -0.119. The number of halogens is 2. The molecule has 6 nitrogen and oxygen atoms in total. The Morgan fingerprint density at radius 2 is 2.19 bits per heavy atom. The summed E-state index contributed by atoms with van der Waals surface area (Å²) in [5.74, 6) is -0.711. The van der Waals surface area contributed by atoms with Gasteiger partial charge in [0.15, 0.2) is 0 Å². The summed E-state index contributed by atoms with van der Waals surface area (Å²) in [4.78, 5) is 23.0. The van der Waals surface area contributed by atoms with Crippen molar-refractivity contribution in [1.29, 1.82) is 0 Å². The van der Waals surface area contributed by atoms with E-state index in [1.165, 1.54) is 11.1 Å². The number of carbonyl (C=O) groups excluding carboxylic acids is 2. The number of amides is 2. The highest BCUT2D eigenvalue weighted by atomic mass is 35.5. The Kier molecular flexibility index (Phi) is 6.70. The zero-order valence-corrected chi connectivity index (χ0v) is 17.0. The van der Waals surface area contributed by atoms with Gasteiger partial charge in [-0.15, -0.1) is 0 Å². The van der Waals surface area contributed by atoms with Crippen LogP contribution in [0.4, 0.5) is 4.39 Å². The predicted molar refractivity (Wildman–Crippen MR) is 102 cm³/mol. The monoisotopic (exact) mass is 398 g/mol. The summed E-state index contributed by atoms with van der Waals surface area (Å²) in [6.45, 7) is 9.86. The Bertz CT molecular complexity index is 721. The van der Waals surface area contributed by atoms with Crippen LogP contribution in [0, 0.1) is 5.82 Å². The smallest absolute Gasteiger partial charge is 0.328 e. The van der Waals surface area contributed by atoms with Crippen molar-refractivity contribution in [2.75, 3.05) is 13.2 Å². The lowest BCUT2D eigenvalue weighted by Gasteiger charge is -2.34. The maximum absolute atomic E-state index is 14.9. The zero-order chi connectivity index (χ0) is 20.4. The Hall–Kier alpha value is -1.86. The molecule has 0 unspecified atom stereocenters. The number of hydrazine groups is 1. The SMILES string of the molecule is CCOc1c([C@@H](C)NN([C]=O)C(C)(C)C)cc(Cl)c(F)c1[C@@H]1CNC(=O)C1. The van der Waals surface area contributed by atoms with E-state index in [0.29, 0.717) is 30.0 Å². The van der Waals surface area contributed by atoms with Gasteiger partial charge in [-0.25, -0.2) is 9.82 Å². The lowest BCUT2D eigenvalue weighted by Crippen LogP contribution is -2.50. The van der Waals surface area contributed by atoms with E-state index in [0.717, 1.165) is 0 Å². The molecule has 1 fully saturated rings. The highest BCUT2D eigenvalue weighted by Crippen LogP contribution is 2.41. The van der Waals surface area contributed by atoms with Gasteiger partial charge in [-0.3, -0.25) is 14.6 Å². The molecule has 27 heavy (non-hydrogen) atoms. The first-order valence-electron chi connectivity index (χ1n) is 8.95. The van der Waals surface area contributed by atoms with Gasteiger partial charge in [0.1, 0.15) is 11.6 Å². The van der Waals surface area contributed by atoms with Gasteiger partial charge in [0.05, 0.1) is 23.2 Å². The third kappa shape index (κ3) is 4.71. The second-order valence-electron chi connectivity index (χ2n) is 7.59. The normalized spacial score (nSPS) is 18.2. The van der Waals surface area contributed by atoms with Crippen LogP contribution in [0.3, 0.4) is 0 Å². The van der Waals surface area contributed by atoms with Gasteiger partial charge in [-0.2, -0.15) is 0 Å². The van der Waals surface area contributed by atoms with E-state index in [1.54, 1.807) is 6.92 Å². The first kappa shape index (κ1) is 21.4. The summed E-state index contributed by atoms with van der Waals surface area (Å²) in [6, 6.07) is 1.09. The summed E-state index contributed by atoms with van der Waals surface area (Å²) < 4.78 is 20.7. The van der Waals surface area contributed by atoms with Crippen LogP contribution in [-0.4, -0.2) is 36.0 Å². The van der Waals surface area contributed by atoms with Crippen LogP contribution < -0.4 is 15.5 Å². The second-order valence-corrected chi connectivity index (χ2v) is 8.00. The van der Waals surface area contributed by atoms with Crippen molar-refractivity contribution >= 4 is 23.9 Å². The summed E-state index contributed by atoms with van der Waals surface area (Å²) in [5.41, 5.74) is 3.47. The van der Waals surface area contributed by atoms with Crippen LogP contribution in [0.15, 0.2) is 6.07 Å². The van der Waals surface area contributed by atoms with Crippen molar-refractivity contribution in [3.63, 3.8) is 0 Å². The number of hydrogen-bond acceptors (Lipinski definition) is 4. The van der Waals surface area contributed by atoms with Crippen LogP contribution in [0.1, 0.15) is 64.1 Å². The van der Waals surface area contributed by atoms with Crippen molar-refractivity contribution in [2.24, 2.45) is 0 Å². The molecule has 0 spiro atoms. The summed E-state index contributed by atoms with van der Waals surface area (Å²) in [5, 5.41) is 3.99. The molecule has 1 aliphatic heterocycles. The van der Waals surface area contributed by atoms with Crippen LogP contribution in [0.2, 0.25) is 5.02 Å². The van der Waals surface area contributed by atoms with Crippen LogP contribution in [-0.2, 0) is 9.59 Å². The molecular weight excluding hydrogens is 373 g/mol. The Morgan fingerprint density at radius 1 is 1.52 bits per heavy atom. The van der Waals surface area contributed by atoms with Crippen molar-refractivity contribution in [3.8, 4) is 5.75 Å². The molecule has 2 amide bonds. The van der Waals surface area contributed by atoms with E-state index in [-0.39, 0.29) is 23.3 Å². The summed E-state index contributed by atoms with van der Waals surface area (Å²) >= 11 is 6.16. The van der Waals surface area contributed by atoms with Crippen LogP contribution in [0.5, 0.6) is 5.75 Å². The summed E-state index contributed by atoms with van der Waals surface area (Å²) in [6.07, 6.45) is 2.04. The number of rotatable bonds is 7. The largest absolute Gasteiger partial charge is 0.493 e. The van der Waals surface area contributed by atoms with Gasteiger partial charge in [-0.1, -0.05) is 11.6 Å². The molecule has 0 aliphatic carbocycles. The highest BCUT2D eigenvalue weighted by molar-refractivity contribution is 6.31. The minimum absolute atomic E-state index is 0.0474. The predicted octanol–water partition coefficient (Wildman–Crippen LogP) is 3.21. The molecule has 1 aliphatic rings. The fourth-order valence-corrected chi connectivity index (χ4v) is 3.29. The molecule has 1 saturated heterocycles. The van der Waals surface area contributed by atoms with Gasteiger partial charge in [0, 0.05) is 30.0 Å². The average molecular weight is 399 g/mol. The fraction of sp³-hybridized carbons (Fsp3) is 0.579. The molecule has 2 rings (SSSR count). The van der Waals surface area contributed by atoms with Crippen molar-refractivity contribution in [3.05, 3.63) is 28.0 Å². The van der Waals surface area contributed by atoms with Crippen molar-refractivity contribution < 1.29 is 18.7 Å². The molecule has 1 heterocycles. The molecule has 1 aromatic rings. The molecule has 0 bridgehead atoms. The first-order valence-corrected chi connectivity index (χ1v) is 9.33. The van der Waals surface area contributed by atoms with E-state index in [1.807, 2.05) is 34.1 Å². The van der Waals surface area contributed by atoms with Gasteiger partial charge in [0.2, 0.25) is 5.91 Å². The molecule has 149 valence electrons. The number of hydrogen-bond donors (Lipinski definition) is 2. The molecule has 0 aromatic heterocycles. The highest BCUT2D eigenvalue weighted by Gasteiger charge is 2.33. The molecule has 0 saturated carbocycles. The van der Waals surface area contributed by atoms with Crippen LogP contribution >= 0.6 is 11.6 Å². The number of carbonyl (C=O) groups is 1. The molecule has 1 radical (unpaired) electrons. The Labute approximate surface area is 164 Å². The minimum atomic E-state index is -0.577. The molecule has 8 heteroatoms. The zero-order valence-electron chi connectivity index (χ0n) is 16.3. The van der Waals surface area contributed by atoms with Crippen LogP contribution in [0.25, 0.3) is 0 Å². The third-order valence-electron chi connectivity index (χ3n) is 4.46. The average Bonchev–Trinajstić information content (AvgIpc) is 3.00. The lowest BCUT2D eigenvalue weighted by atomic mass is 9.92. The van der Waals surface area contributed by atoms with E-state index in [2.05, 4.69) is 10.7 Å². The molecular formula is C19H26ClFN3O3. The Balaban J connectivity index is 2.50. The quantitative estimate of drug-likeness (QED) is 0.546. The second kappa shape index (κ2) is 8.44. The van der Waals surface area contributed by atoms with E-state index in [4.69, 9.17) is 16.3 Å². The number of nitrogens with one attached hydrogen (secondary N) is 2. The minimum Gasteiger partial charge on any atom is -0.493 e. The summed E-state index contributed by atoms with van der Waals surface area (Å²) in [7, 11) is 0. The molecule has 2 N–H and O–H groups in total. The van der Waals surface area contributed by atoms with Gasteiger partial charge in [-0.05, 0) is 40.7 Å². The van der Waals surface area contributed by atoms with Crippen molar-refractivity contribution in [2.45, 2.75) is 58.5 Å². The van der Waals surface area contributed by atoms with Gasteiger partial charge in [0.25, 0.3) is 0 Å².